The molecule has 2 N–H and O–H groups in total. The van der Waals surface area contributed by atoms with Gasteiger partial charge in [-0.15, -0.1) is 5.10 Å². The van der Waals surface area contributed by atoms with E-state index in [2.05, 4.69) is 42.4 Å². The minimum absolute atomic E-state index is 0.131. The molecule has 0 atom stereocenters. The van der Waals surface area contributed by atoms with Gasteiger partial charge in [0.15, 0.2) is 5.82 Å². The summed E-state index contributed by atoms with van der Waals surface area (Å²) in [5, 5.41) is 14.6. The molecular weight excluding hydrogens is 506 g/mol. The number of amides is 1. The number of carbonyl (C=O) groups is 1. The molecule has 0 radical (unpaired) electrons. The Morgan fingerprint density at radius 1 is 1.07 bits per heavy atom. The first-order valence-electron chi connectivity index (χ1n) is 13.1. The number of carbonyl (C=O) groups excluding carboxylic acids is 1. The van der Waals surface area contributed by atoms with Crippen LogP contribution in [0.15, 0.2) is 67.5 Å². The number of nitrogens with one attached hydrogen (secondary N) is 2. The van der Waals surface area contributed by atoms with Crippen LogP contribution in [-0.4, -0.2) is 55.0 Å². The minimum Gasteiger partial charge on any atom is -0.457 e. The highest BCUT2D eigenvalue weighted by Gasteiger charge is 2.21. The van der Waals surface area contributed by atoms with Crippen LogP contribution in [-0.2, 0) is 11.8 Å². The van der Waals surface area contributed by atoms with Crippen LogP contribution in [0.4, 0.5) is 17.3 Å². The number of piperidine rings is 1. The molecule has 0 unspecified atom stereocenters. The first-order valence-corrected chi connectivity index (χ1v) is 13.1. The van der Waals surface area contributed by atoms with E-state index in [9.17, 15) is 4.79 Å². The van der Waals surface area contributed by atoms with Crippen molar-refractivity contribution < 1.29 is 9.53 Å². The number of aromatic nitrogens is 6. The molecule has 0 saturated carbocycles. The van der Waals surface area contributed by atoms with E-state index in [0.29, 0.717) is 17.1 Å². The summed E-state index contributed by atoms with van der Waals surface area (Å²) >= 11 is 0. The second kappa shape index (κ2) is 10.6. The van der Waals surface area contributed by atoms with Crippen LogP contribution in [0, 0.1) is 6.92 Å². The summed E-state index contributed by atoms with van der Waals surface area (Å²) in [5.41, 5.74) is 4.99. The van der Waals surface area contributed by atoms with Crippen LogP contribution in [0.5, 0.6) is 11.5 Å². The summed E-state index contributed by atoms with van der Waals surface area (Å²) in [6, 6.07) is 15.7. The van der Waals surface area contributed by atoms with Crippen LogP contribution in [0.25, 0.3) is 22.1 Å². The van der Waals surface area contributed by atoms with Crippen molar-refractivity contribution in [1.29, 1.82) is 0 Å². The third kappa shape index (κ3) is 5.13. The van der Waals surface area contributed by atoms with Gasteiger partial charge in [-0.3, -0.25) is 4.79 Å². The lowest BCUT2D eigenvalue weighted by Gasteiger charge is -2.33. The molecule has 11 nitrogen and oxygen atoms in total. The molecule has 40 heavy (non-hydrogen) atoms. The summed E-state index contributed by atoms with van der Waals surface area (Å²) in [6.07, 6.45) is 4.53. The van der Waals surface area contributed by atoms with Crippen molar-refractivity contribution in [3.05, 3.63) is 73.1 Å². The van der Waals surface area contributed by atoms with Gasteiger partial charge in [-0.2, -0.15) is 0 Å². The van der Waals surface area contributed by atoms with E-state index in [-0.39, 0.29) is 11.9 Å². The smallest absolute Gasteiger partial charge is 0.243 e. The first-order chi connectivity index (χ1) is 19.5. The summed E-state index contributed by atoms with van der Waals surface area (Å²) in [7, 11) is 1.86. The predicted molar refractivity (Wildman–Crippen MR) is 154 cm³/mol. The zero-order valence-corrected chi connectivity index (χ0v) is 22.3. The Morgan fingerprint density at radius 2 is 1.93 bits per heavy atom. The summed E-state index contributed by atoms with van der Waals surface area (Å²) in [4.78, 5) is 27.7. The fourth-order valence-corrected chi connectivity index (χ4v) is 4.90. The quantitative estimate of drug-likeness (QED) is 0.292. The van der Waals surface area contributed by atoms with Crippen molar-refractivity contribution in [2.24, 2.45) is 7.05 Å². The average Bonchev–Trinajstić information content (AvgIpc) is 3.34. The summed E-state index contributed by atoms with van der Waals surface area (Å²) < 4.78 is 7.87. The number of aryl methyl sites for hydroxylation is 2. The fraction of sp³-hybridized carbons (Fsp3) is 0.241. The Balaban J connectivity index is 1.18. The number of ether oxygens (including phenoxy) is 1. The number of fused-ring (bicyclic) bond motifs is 2. The van der Waals surface area contributed by atoms with Crippen LogP contribution in [0.3, 0.4) is 0 Å². The van der Waals surface area contributed by atoms with Crippen molar-refractivity contribution in [3.63, 3.8) is 0 Å². The van der Waals surface area contributed by atoms with Gasteiger partial charge in [-0.05, 0) is 73.9 Å². The minimum atomic E-state index is -0.131. The van der Waals surface area contributed by atoms with E-state index in [4.69, 9.17) is 9.72 Å². The van der Waals surface area contributed by atoms with E-state index in [1.165, 1.54) is 12.4 Å². The molecule has 1 amide bonds. The van der Waals surface area contributed by atoms with Crippen molar-refractivity contribution >= 4 is 45.3 Å². The standard InChI is InChI=1S/C29H29N9O2/c1-4-27(39)32-19-11-13-38(14-12-19)26-10-7-22-28(34-26)29(31-17-30-22)33-20-5-9-25(18(2)15-20)40-21-6-8-24-23(16-21)35-36-37(24)3/h4-10,15-17,19H,1,11-14H2,2-3H3,(H,32,39)(H,30,31,33). The van der Waals surface area contributed by atoms with E-state index in [1.807, 2.05) is 62.5 Å². The maximum atomic E-state index is 11.6. The molecule has 1 aliphatic rings. The zero-order valence-electron chi connectivity index (χ0n) is 22.3. The molecule has 1 saturated heterocycles. The highest BCUT2D eigenvalue weighted by molar-refractivity contribution is 5.88. The highest BCUT2D eigenvalue weighted by atomic mass is 16.5. The Labute approximate surface area is 230 Å². The number of benzene rings is 2. The van der Waals surface area contributed by atoms with Gasteiger partial charge in [-0.25, -0.2) is 19.6 Å². The van der Waals surface area contributed by atoms with Gasteiger partial charge < -0.3 is 20.3 Å². The Bertz CT molecular complexity index is 1720. The van der Waals surface area contributed by atoms with Gasteiger partial charge >= 0.3 is 0 Å². The first kappa shape index (κ1) is 25.2. The van der Waals surface area contributed by atoms with Gasteiger partial charge in [0.05, 0.1) is 11.0 Å². The van der Waals surface area contributed by atoms with Crippen LogP contribution in [0.1, 0.15) is 18.4 Å². The average molecular weight is 536 g/mol. The normalized spacial score (nSPS) is 13.9. The van der Waals surface area contributed by atoms with Crippen molar-refractivity contribution in [1.82, 2.24) is 35.3 Å². The molecule has 3 aromatic heterocycles. The van der Waals surface area contributed by atoms with Crippen LogP contribution >= 0.6 is 0 Å². The maximum absolute atomic E-state index is 11.6. The number of rotatable bonds is 7. The van der Waals surface area contributed by atoms with Gasteiger partial charge in [-0.1, -0.05) is 11.8 Å². The largest absolute Gasteiger partial charge is 0.457 e. The van der Waals surface area contributed by atoms with Gasteiger partial charge in [0.2, 0.25) is 5.91 Å². The number of hydrogen-bond acceptors (Lipinski definition) is 9. The van der Waals surface area contributed by atoms with E-state index >= 15 is 0 Å². The molecule has 0 aliphatic carbocycles. The molecule has 0 spiro atoms. The van der Waals surface area contributed by atoms with Crippen molar-refractivity contribution in [3.8, 4) is 11.5 Å². The van der Waals surface area contributed by atoms with Gasteiger partial charge in [0, 0.05) is 37.9 Å². The van der Waals surface area contributed by atoms with Crippen LogP contribution in [0.2, 0.25) is 0 Å². The lowest BCUT2D eigenvalue weighted by molar-refractivity contribution is -0.117. The number of pyridine rings is 1. The Morgan fingerprint density at radius 3 is 2.73 bits per heavy atom. The number of nitrogens with zero attached hydrogens (tertiary/aromatic N) is 7. The summed E-state index contributed by atoms with van der Waals surface area (Å²) in [6.45, 7) is 7.11. The second-order valence-corrected chi connectivity index (χ2v) is 9.80. The van der Waals surface area contributed by atoms with Gasteiger partial charge in [0.25, 0.3) is 0 Å². The lowest BCUT2D eigenvalue weighted by Crippen LogP contribution is -2.44. The number of hydrogen-bond donors (Lipinski definition) is 2. The van der Waals surface area contributed by atoms with Crippen molar-refractivity contribution in [2.75, 3.05) is 23.3 Å². The summed E-state index contributed by atoms with van der Waals surface area (Å²) in [5.74, 6) is 2.80. The third-order valence-corrected chi connectivity index (χ3v) is 7.07. The molecular formula is C29H29N9O2. The molecule has 4 heterocycles. The van der Waals surface area contributed by atoms with Gasteiger partial charge in [0.1, 0.15) is 34.7 Å². The molecule has 5 aromatic rings. The zero-order chi connectivity index (χ0) is 27.6. The molecule has 0 bridgehead atoms. The van der Waals surface area contributed by atoms with Crippen molar-refractivity contribution in [2.45, 2.75) is 25.8 Å². The molecule has 2 aromatic carbocycles. The van der Waals surface area contributed by atoms with E-state index in [1.54, 1.807) is 4.68 Å². The predicted octanol–water partition coefficient (Wildman–Crippen LogP) is 4.42. The molecule has 202 valence electrons. The molecule has 1 aliphatic heterocycles. The second-order valence-electron chi connectivity index (χ2n) is 9.80. The van der Waals surface area contributed by atoms with E-state index in [0.717, 1.165) is 65.3 Å². The van der Waals surface area contributed by atoms with Crippen LogP contribution < -0.4 is 20.3 Å². The monoisotopic (exact) mass is 535 g/mol. The molecule has 11 heteroatoms. The SMILES string of the molecule is C=CC(=O)NC1CCN(c2ccc3ncnc(Nc4ccc(Oc5ccc6c(c5)nnn6C)c(C)c4)c3n2)CC1. The Kier molecular flexibility index (Phi) is 6.69. The fourth-order valence-electron chi connectivity index (χ4n) is 4.90. The Hall–Kier alpha value is -5.06. The molecule has 6 rings (SSSR count). The lowest BCUT2D eigenvalue weighted by atomic mass is 10.0. The molecule has 1 fully saturated rings. The van der Waals surface area contributed by atoms with E-state index < -0.39 is 0 Å². The maximum Gasteiger partial charge on any atom is 0.243 e. The third-order valence-electron chi connectivity index (χ3n) is 7.07. The number of anilines is 3. The topological polar surface area (TPSA) is 123 Å². The highest BCUT2D eigenvalue weighted by Crippen LogP contribution is 2.31.